The highest BCUT2D eigenvalue weighted by atomic mass is 16.2. The summed E-state index contributed by atoms with van der Waals surface area (Å²) in [7, 11) is 1.78. The molecule has 0 aromatic heterocycles. The second-order valence-corrected chi connectivity index (χ2v) is 3.55. The van der Waals surface area contributed by atoms with E-state index in [1.54, 1.807) is 18.9 Å². The van der Waals surface area contributed by atoms with Gasteiger partial charge < -0.3 is 5.32 Å². The number of likely N-dealkylation sites (N-methyl/N-ethyl adjacent to an activating group) is 1. The molecule has 0 saturated carbocycles. The van der Waals surface area contributed by atoms with Crippen LogP contribution in [-0.4, -0.2) is 42.8 Å². The lowest BCUT2D eigenvalue weighted by molar-refractivity contribution is -0.125. The minimum atomic E-state index is -0.192. The molecule has 0 aromatic carbocycles. The molecule has 1 N–H and O–H groups in total. The summed E-state index contributed by atoms with van der Waals surface area (Å²) >= 11 is 0. The highest BCUT2D eigenvalue weighted by Gasteiger charge is 2.15. The van der Waals surface area contributed by atoms with Crippen LogP contribution in [0.1, 0.15) is 27.2 Å². The topological polar surface area (TPSA) is 49.4 Å². The number of carbonyl (C=O) groups excluding carboxylic acids is 2. The minimum absolute atomic E-state index is 0.0255. The molecule has 0 aliphatic heterocycles. The van der Waals surface area contributed by atoms with Crippen molar-refractivity contribution in [3.05, 3.63) is 0 Å². The molecule has 0 aliphatic carbocycles. The summed E-state index contributed by atoms with van der Waals surface area (Å²) in [5, 5.41) is 2.77. The summed E-state index contributed by atoms with van der Waals surface area (Å²) in [4.78, 5) is 24.0. The maximum absolute atomic E-state index is 11.3. The van der Waals surface area contributed by atoms with Gasteiger partial charge in [0, 0.05) is 6.54 Å². The van der Waals surface area contributed by atoms with Crippen molar-refractivity contribution in [2.24, 2.45) is 0 Å². The van der Waals surface area contributed by atoms with Gasteiger partial charge in [-0.05, 0) is 27.3 Å². The van der Waals surface area contributed by atoms with Crippen LogP contribution in [0.3, 0.4) is 0 Å². The molecule has 0 spiro atoms. The molecule has 0 bridgehead atoms. The highest BCUT2D eigenvalue weighted by Crippen LogP contribution is 1.95. The third kappa shape index (κ3) is 4.97. The fourth-order valence-electron chi connectivity index (χ4n) is 0.994. The minimum Gasteiger partial charge on any atom is -0.355 e. The molecule has 4 nitrogen and oxygen atoms in total. The summed E-state index contributed by atoms with van der Waals surface area (Å²) in [6.45, 7) is 6.31. The van der Waals surface area contributed by atoms with E-state index in [2.05, 4.69) is 5.32 Å². The Kier molecular flexibility index (Phi) is 6.12. The predicted molar refractivity (Wildman–Crippen MR) is 56.1 cm³/mol. The summed E-state index contributed by atoms with van der Waals surface area (Å²) in [6.07, 6.45) is 0.928. The first-order valence-corrected chi connectivity index (χ1v) is 4.96. The van der Waals surface area contributed by atoms with E-state index in [0.29, 0.717) is 6.54 Å². The monoisotopic (exact) mass is 200 g/mol. The molecule has 1 unspecified atom stereocenters. The van der Waals surface area contributed by atoms with Gasteiger partial charge in [-0.2, -0.15) is 0 Å². The summed E-state index contributed by atoms with van der Waals surface area (Å²) in [5.74, 6) is 0.0539. The van der Waals surface area contributed by atoms with Gasteiger partial charge in [0.15, 0.2) is 0 Å². The molecule has 0 rings (SSSR count). The molecule has 0 heterocycles. The maximum atomic E-state index is 11.3. The van der Waals surface area contributed by atoms with E-state index in [0.717, 1.165) is 6.42 Å². The van der Waals surface area contributed by atoms with E-state index in [-0.39, 0.29) is 24.3 Å². The number of Topliss-reactive ketones (excluding diaryl/α,β-unsaturated/α-hetero) is 1. The van der Waals surface area contributed by atoms with Crippen LogP contribution >= 0.6 is 0 Å². The number of nitrogens with zero attached hydrogens (tertiary/aromatic N) is 1. The average molecular weight is 200 g/mol. The second kappa shape index (κ2) is 6.54. The number of hydrogen-bond acceptors (Lipinski definition) is 3. The Bertz CT molecular complexity index is 204. The Labute approximate surface area is 85.7 Å². The molecule has 0 aliphatic rings. The van der Waals surface area contributed by atoms with Crippen LogP contribution in [0.2, 0.25) is 0 Å². The predicted octanol–water partition coefficient (Wildman–Crippen LogP) is 0.422. The standard InChI is InChI=1S/C10H20N2O2/c1-5-6-11-10(14)7-12(4)8(2)9(3)13/h8H,5-7H2,1-4H3,(H,11,14). The Morgan fingerprint density at radius 3 is 2.43 bits per heavy atom. The van der Waals surface area contributed by atoms with Crippen LogP contribution in [0.25, 0.3) is 0 Å². The molecule has 0 fully saturated rings. The Hall–Kier alpha value is -0.900. The van der Waals surface area contributed by atoms with Crippen LogP contribution in [0.15, 0.2) is 0 Å². The molecule has 82 valence electrons. The zero-order valence-corrected chi connectivity index (χ0v) is 9.46. The van der Waals surface area contributed by atoms with Crippen molar-refractivity contribution in [3.8, 4) is 0 Å². The van der Waals surface area contributed by atoms with Gasteiger partial charge in [-0.1, -0.05) is 6.92 Å². The number of amides is 1. The first kappa shape index (κ1) is 13.1. The van der Waals surface area contributed by atoms with Gasteiger partial charge in [0.05, 0.1) is 12.6 Å². The number of rotatable bonds is 6. The van der Waals surface area contributed by atoms with Crippen LogP contribution in [0, 0.1) is 0 Å². The first-order valence-electron chi connectivity index (χ1n) is 4.96. The second-order valence-electron chi connectivity index (χ2n) is 3.55. The molecule has 0 saturated heterocycles. The first-order chi connectivity index (χ1) is 6.49. The van der Waals surface area contributed by atoms with Gasteiger partial charge in [0.25, 0.3) is 0 Å². The molecule has 0 radical (unpaired) electrons. The Morgan fingerprint density at radius 2 is 2.00 bits per heavy atom. The van der Waals surface area contributed by atoms with E-state index in [4.69, 9.17) is 0 Å². The zero-order valence-electron chi connectivity index (χ0n) is 9.46. The Balaban J connectivity index is 3.86. The molecular weight excluding hydrogens is 180 g/mol. The van der Waals surface area contributed by atoms with Gasteiger partial charge >= 0.3 is 0 Å². The molecule has 4 heteroatoms. The van der Waals surface area contributed by atoms with Crippen molar-refractivity contribution < 1.29 is 9.59 Å². The van der Waals surface area contributed by atoms with Crippen molar-refractivity contribution in [3.63, 3.8) is 0 Å². The lowest BCUT2D eigenvalue weighted by Crippen LogP contribution is -2.42. The highest BCUT2D eigenvalue weighted by molar-refractivity contribution is 5.83. The molecule has 0 aromatic rings. The van der Waals surface area contributed by atoms with Gasteiger partial charge in [-0.25, -0.2) is 0 Å². The lowest BCUT2D eigenvalue weighted by atomic mass is 10.2. The van der Waals surface area contributed by atoms with Gasteiger partial charge in [0.1, 0.15) is 5.78 Å². The van der Waals surface area contributed by atoms with Crippen LogP contribution in [0.4, 0.5) is 0 Å². The van der Waals surface area contributed by atoms with Crippen molar-refractivity contribution in [2.75, 3.05) is 20.1 Å². The fraction of sp³-hybridized carbons (Fsp3) is 0.800. The van der Waals surface area contributed by atoms with Gasteiger partial charge in [-0.15, -0.1) is 0 Å². The molecule has 1 amide bonds. The maximum Gasteiger partial charge on any atom is 0.234 e. The van der Waals surface area contributed by atoms with Crippen molar-refractivity contribution in [1.82, 2.24) is 10.2 Å². The molecular formula is C10H20N2O2. The van der Waals surface area contributed by atoms with E-state index in [1.807, 2.05) is 6.92 Å². The largest absolute Gasteiger partial charge is 0.355 e. The number of hydrogen-bond donors (Lipinski definition) is 1. The third-order valence-electron chi connectivity index (χ3n) is 2.21. The van der Waals surface area contributed by atoms with Gasteiger partial charge in [-0.3, -0.25) is 14.5 Å². The van der Waals surface area contributed by atoms with Crippen molar-refractivity contribution in [2.45, 2.75) is 33.2 Å². The van der Waals surface area contributed by atoms with E-state index >= 15 is 0 Å². The summed E-state index contributed by atoms with van der Waals surface area (Å²) in [6, 6.07) is -0.192. The molecule has 1 atom stereocenters. The van der Waals surface area contributed by atoms with Crippen LogP contribution in [-0.2, 0) is 9.59 Å². The van der Waals surface area contributed by atoms with E-state index < -0.39 is 0 Å². The number of ketones is 1. The quantitative estimate of drug-likeness (QED) is 0.676. The van der Waals surface area contributed by atoms with Crippen LogP contribution < -0.4 is 5.32 Å². The van der Waals surface area contributed by atoms with E-state index in [9.17, 15) is 9.59 Å². The SMILES string of the molecule is CCCNC(=O)CN(C)C(C)C(C)=O. The lowest BCUT2D eigenvalue weighted by Gasteiger charge is -2.21. The third-order valence-corrected chi connectivity index (χ3v) is 2.21. The number of carbonyl (C=O) groups is 2. The normalized spacial score (nSPS) is 12.6. The summed E-state index contributed by atoms with van der Waals surface area (Å²) in [5.41, 5.74) is 0. The smallest absolute Gasteiger partial charge is 0.234 e. The van der Waals surface area contributed by atoms with Crippen molar-refractivity contribution >= 4 is 11.7 Å². The molecule has 14 heavy (non-hydrogen) atoms. The van der Waals surface area contributed by atoms with E-state index in [1.165, 1.54) is 6.92 Å². The van der Waals surface area contributed by atoms with Crippen molar-refractivity contribution in [1.29, 1.82) is 0 Å². The van der Waals surface area contributed by atoms with Gasteiger partial charge in [0.2, 0.25) is 5.91 Å². The average Bonchev–Trinajstić information content (AvgIpc) is 2.13. The zero-order chi connectivity index (χ0) is 11.1. The van der Waals surface area contributed by atoms with Crippen LogP contribution in [0.5, 0.6) is 0 Å². The Morgan fingerprint density at radius 1 is 1.43 bits per heavy atom. The number of nitrogens with one attached hydrogen (secondary N) is 1. The fourth-order valence-corrected chi connectivity index (χ4v) is 0.994. The summed E-state index contributed by atoms with van der Waals surface area (Å²) < 4.78 is 0.